The van der Waals surface area contributed by atoms with Gasteiger partial charge in [0.05, 0.1) is 18.7 Å². The molecule has 3 rings (SSSR count). The third-order valence-electron chi connectivity index (χ3n) is 3.71. The van der Waals surface area contributed by atoms with Crippen molar-refractivity contribution in [2.75, 3.05) is 13.1 Å². The number of aromatic nitrogens is 2. The minimum atomic E-state index is 0.00174. The van der Waals surface area contributed by atoms with Crippen molar-refractivity contribution >= 4 is 17.2 Å². The molecular weight excluding hydrogens is 296 g/mol. The van der Waals surface area contributed by atoms with Gasteiger partial charge < -0.3 is 5.32 Å². The standard InChI is InChI=1S/C16H20N4OS/c21-15(18-10-13-4-3-5-17-9-13)8-14-12-22-16(19-14)11-20-6-1-2-7-20/h3-5,9,12H,1-2,6-8,10-11H2,(H,18,21). The summed E-state index contributed by atoms with van der Waals surface area (Å²) < 4.78 is 0. The summed E-state index contributed by atoms with van der Waals surface area (Å²) in [6.07, 6.45) is 6.40. The van der Waals surface area contributed by atoms with E-state index in [1.165, 1.54) is 25.9 Å². The molecule has 0 aliphatic carbocycles. The quantitative estimate of drug-likeness (QED) is 0.885. The maximum Gasteiger partial charge on any atom is 0.226 e. The molecule has 2 aromatic heterocycles. The van der Waals surface area contributed by atoms with Crippen molar-refractivity contribution in [1.82, 2.24) is 20.2 Å². The highest BCUT2D eigenvalue weighted by Crippen LogP contribution is 2.16. The summed E-state index contributed by atoms with van der Waals surface area (Å²) in [6.45, 7) is 3.76. The van der Waals surface area contributed by atoms with Crippen LogP contribution in [0.25, 0.3) is 0 Å². The van der Waals surface area contributed by atoms with Crippen molar-refractivity contribution in [3.8, 4) is 0 Å². The molecule has 3 heterocycles. The molecule has 1 fully saturated rings. The first kappa shape index (κ1) is 15.1. The molecule has 0 saturated carbocycles. The number of carbonyl (C=O) groups excluding carboxylic acids is 1. The van der Waals surface area contributed by atoms with Crippen LogP contribution in [0.3, 0.4) is 0 Å². The van der Waals surface area contributed by atoms with E-state index >= 15 is 0 Å². The smallest absolute Gasteiger partial charge is 0.226 e. The fourth-order valence-corrected chi connectivity index (χ4v) is 3.40. The molecule has 0 radical (unpaired) electrons. The fraction of sp³-hybridized carbons (Fsp3) is 0.438. The van der Waals surface area contributed by atoms with E-state index in [1.54, 1.807) is 23.7 Å². The van der Waals surface area contributed by atoms with Gasteiger partial charge in [-0.25, -0.2) is 4.98 Å². The maximum absolute atomic E-state index is 12.0. The molecule has 1 N–H and O–H groups in total. The van der Waals surface area contributed by atoms with Gasteiger partial charge in [-0.15, -0.1) is 11.3 Å². The first-order valence-corrected chi connectivity index (χ1v) is 8.49. The summed E-state index contributed by atoms with van der Waals surface area (Å²) in [5, 5.41) is 6.01. The Morgan fingerprint density at radius 3 is 3.00 bits per heavy atom. The van der Waals surface area contributed by atoms with Crippen LogP contribution >= 0.6 is 11.3 Å². The van der Waals surface area contributed by atoms with Crippen molar-refractivity contribution in [2.24, 2.45) is 0 Å². The maximum atomic E-state index is 12.0. The number of pyridine rings is 1. The zero-order valence-electron chi connectivity index (χ0n) is 12.5. The van der Waals surface area contributed by atoms with Crippen LogP contribution in [-0.4, -0.2) is 33.9 Å². The number of likely N-dealkylation sites (tertiary alicyclic amines) is 1. The van der Waals surface area contributed by atoms with E-state index in [0.717, 1.165) is 22.8 Å². The predicted octanol–water partition coefficient (Wildman–Crippen LogP) is 1.99. The highest BCUT2D eigenvalue weighted by molar-refractivity contribution is 7.09. The van der Waals surface area contributed by atoms with E-state index in [0.29, 0.717) is 13.0 Å². The van der Waals surface area contributed by atoms with Crippen molar-refractivity contribution in [3.63, 3.8) is 0 Å². The van der Waals surface area contributed by atoms with E-state index < -0.39 is 0 Å². The Bertz CT molecular complexity index is 608. The normalized spacial score (nSPS) is 15.1. The average Bonchev–Trinajstić information content (AvgIpc) is 3.19. The second-order valence-corrected chi connectivity index (χ2v) is 6.47. The Labute approximate surface area is 134 Å². The molecular formula is C16H20N4OS. The summed E-state index contributed by atoms with van der Waals surface area (Å²) in [6, 6.07) is 3.82. The van der Waals surface area contributed by atoms with Crippen LogP contribution in [0.2, 0.25) is 0 Å². The molecule has 0 atom stereocenters. The summed E-state index contributed by atoms with van der Waals surface area (Å²) in [5.74, 6) is 0.00174. The second-order valence-electron chi connectivity index (χ2n) is 5.53. The predicted molar refractivity (Wildman–Crippen MR) is 86.4 cm³/mol. The van der Waals surface area contributed by atoms with Gasteiger partial charge in [0.25, 0.3) is 0 Å². The lowest BCUT2D eigenvalue weighted by Crippen LogP contribution is -2.24. The number of rotatable bonds is 6. The van der Waals surface area contributed by atoms with Gasteiger partial charge in [0, 0.05) is 24.3 Å². The summed E-state index contributed by atoms with van der Waals surface area (Å²) >= 11 is 1.65. The SMILES string of the molecule is O=C(Cc1csc(CN2CCCC2)n1)NCc1cccnc1. The molecule has 1 aliphatic rings. The van der Waals surface area contributed by atoms with Crippen LogP contribution in [0.5, 0.6) is 0 Å². The van der Waals surface area contributed by atoms with Gasteiger partial charge in [-0.05, 0) is 37.6 Å². The molecule has 1 saturated heterocycles. The molecule has 0 bridgehead atoms. The van der Waals surface area contributed by atoms with E-state index in [9.17, 15) is 4.79 Å². The number of nitrogens with one attached hydrogen (secondary N) is 1. The third-order valence-corrected chi connectivity index (χ3v) is 4.59. The Morgan fingerprint density at radius 2 is 2.23 bits per heavy atom. The Kier molecular flexibility index (Phi) is 5.13. The first-order chi connectivity index (χ1) is 10.8. The topological polar surface area (TPSA) is 58.1 Å². The van der Waals surface area contributed by atoms with Crippen LogP contribution in [0, 0.1) is 0 Å². The molecule has 0 unspecified atom stereocenters. The summed E-state index contributed by atoms with van der Waals surface area (Å²) in [5.41, 5.74) is 1.87. The lowest BCUT2D eigenvalue weighted by atomic mass is 10.2. The van der Waals surface area contributed by atoms with Crippen molar-refractivity contribution in [1.29, 1.82) is 0 Å². The Balaban J connectivity index is 1.46. The lowest BCUT2D eigenvalue weighted by molar-refractivity contribution is -0.120. The molecule has 2 aromatic rings. The molecule has 1 amide bonds. The van der Waals surface area contributed by atoms with Crippen LogP contribution in [0.1, 0.15) is 29.1 Å². The van der Waals surface area contributed by atoms with Crippen molar-refractivity contribution in [2.45, 2.75) is 32.4 Å². The Hall–Kier alpha value is -1.79. The second kappa shape index (κ2) is 7.47. The van der Waals surface area contributed by atoms with Crippen molar-refractivity contribution in [3.05, 3.63) is 46.2 Å². The van der Waals surface area contributed by atoms with Crippen LogP contribution in [0.15, 0.2) is 29.9 Å². The van der Waals surface area contributed by atoms with E-state index in [-0.39, 0.29) is 5.91 Å². The molecule has 0 aromatic carbocycles. The number of thiazole rings is 1. The molecule has 116 valence electrons. The highest BCUT2D eigenvalue weighted by Gasteiger charge is 2.14. The zero-order chi connectivity index (χ0) is 15.2. The minimum absolute atomic E-state index is 0.00174. The van der Waals surface area contributed by atoms with Crippen LogP contribution in [0.4, 0.5) is 0 Å². The van der Waals surface area contributed by atoms with Gasteiger partial charge in [0.15, 0.2) is 0 Å². The van der Waals surface area contributed by atoms with Crippen LogP contribution < -0.4 is 5.32 Å². The fourth-order valence-electron chi connectivity index (χ4n) is 2.57. The van der Waals surface area contributed by atoms with Gasteiger partial charge in [0.2, 0.25) is 5.91 Å². The summed E-state index contributed by atoms with van der Waals surface area (Å²) in [4.78, 5) is 23.0. The lowest BCUT2D eigenvalue weighted by Gasteiger charge is -2.11. The Morgan fingerprint density at radius 1 is 1.36 bits per heavy atom. The zero-order valence-corrected chi connectivity index (χ0v) is 13.3. The monoisotopic (exact) mass is 316 g/mol. The van der Waals surface area contributed by atoms with E-state index in [4.69, 9.17) is 0 Å². The molecule has 0 spiro atoms. The summed E-state index contributed by atoms with van der Waals surface area (Å²) in [7, 11) is 0. The van der Waals surface area contributed by atoms with Gasteiger partial charge >= 0.3 is 0 Å². The van der Waals surface area contributed by atoms with Gasteiger partial charge in [-0.1, -0.05) is 6.07 Å². The van der Waals surface area contributed by atoms with Crippen LogP contribution in [-0.2, 0) is 24.3 Å². The number of amides is 1. The minimum Gasteiger partial charge on any atom is -0.352 e. The number of hydrogen-bond donors (Lipinski definition) is 1. The van der Waals surface area contributed by atoms with Gasteiger partial charge in [-0.2, -0.15) is 0 Å². The highest BCUT2D eigenvalue weighted by atomic mass is 32.1. The van der Waals surface area contributed by atoms with Gasteiger partial charge in [0.1, 0.15) is 5.01 Å². The first-order valence-electron chi connectivity index (χ1n) is 7.61. The van der Waals surface area contributed by atoms with Crippen molar-refractivity contribution < 1.29 is 4.79 Å². The average molecular weight is 316 g/mol. The number of nitrogens with zero attached hydrogens (tertiary/aromatic N) is 3. The van der Waals surface area contributed by atoms with E-state index in [2.05, 4.69) is 20.2 Å². The largest absolute Gasteiger partial charge is 0.352 e. The molecule has 1 aliphatic heterocycles. The third kappa shape index (κ3) is 4.35. The molecule has 6 heteroatoms. The number of hydrogen-bond acceptors (Lipinski definition) is 5. The molecule has 5 nitrogen and oxygen atoms in total. The van der Waals surface area contributed by atoms with E-state index in [1.807, 2.05) is 17.5 Å². The molecule has 22 heavy (non-hydrogen) atoms. The van der Waals surface area contributed by atoms with Gasteiger partial charge in [-0.3, -0.25) is 14.7 Å². The number of carbonyl (C=O) groups is 1.